The molecule has 1 spiro atoms. The number of aryl methyl sites for hydroxylation is 1. The number of rotatable bonds is 4. The number of carbonyl (C=O) groups is 2. The van der Waals surface area contributed by atoms with Gasteiger partial charge < -0.3 is 19.6 Å². The fraction of sp³-hybridized carbons (Fsp3) is 0.480. The number of carbonyl (C=O) groups excluding carboxylic acids is 2. The third-order valence-electron chi connectivity index (χ3n) is 7.66. The number of methoxy groups -OCH3 is 1. The first-order valence-corrected chi connectivity index (χ1v) is 11.7. The lowest BCUT2D eigenvalue weighted by atomic mass is 9.74. The minimum atomic E-state index is -0.807. The van der Waals surface area contributed by atoms with E-state index in [0.717, 1.165) is 25.7 Å². The second kappa shape index (κ2) is 8.47. The molecule has 3 aliphatic rings. The van der Waals surface area contributed by atoms with Crippen LogP contribution in [0.2, 0.25) is 0 Å². The molecular formula is C25H30N4O5. The van der Waals surface area contributed by atoms with Crippen molar-refractivity contribution in [3.8, 4) is 5.75 Å². The van der Waals surface area contributed by atoms with Crippen LogP contribution in [0.25, 0.3) is 0 Å². The molecule has 1 aliphatic carbocycles. The Morgan fingerprint density at radius 1 is 1.15 bits per heavy atom. The number of ether oxygens (including phenoxy) is 1. The first kappa shape index (κ1) is 22.5. The first-order chi connectivity index (χ1) is 16.4. The molecule has 0 bridgehead atoms. The van der Waals surface area contributed by atoms with Gasteiger partial charge in [-0.15, -0.1) is 0 Å². The van der Waals surface area contributed by atoms with E-state index in [4.69, 9.17) is 4.74 Å². The molecule has 180 valence electrons. The van der Waals surface area contributed by atoms with E-state index in [1.54, 1.807) is 24.1 Å². The van der Waals surface area contributed by atoms with E-state index >= 15 is 0 Å². The number of piperidine rings is 1. The Kier molecular flexibility index (Phi) is 5.59. The van der Waals surface area contributed by atoms with Crippen LogP contribution in [0.4, 0.5) is 0 Å². The van der Waals surface area contributed by atoms with Gasteiger partial charge in [0.25, 0.3) is 11.8 Å². The molecule has 1 aromatic heterocycles. The van der Waals surface area contributed by atoms with Crippen LogP contribution in [0.1, 0.15) is 51.2 Å². The van der Waals surface area contributed by atoms with E-state index in [2.05, 4.69) is 24.3 Å². The van der Waals surface area contributed by atoms with Crippen molar-refractivity contribution in [3.63, 3.8) is 0 Å². The number of likely N-dealkylation sites (tertiary alicyclic amines) is 1. The van der Waals surface area contributed by atoms with E-state index in [-0.39, 0.29) is 23.3 Å². The van der Waals surface area contributed by atoms with Crippen molar-refractivity contribution in [2.24, 2.45) is 0 Å². The average molecular weight is 467 g/mol. The largest absolute Gasteiger partial charge is 0.502 e. The maximum atomic E-state index is 13.4. The summed E-state index contributed by atoms with van der Waals surface area (Å²) < 4.78 is 6.46. The molecule has 1 aromatic carbocycles. The normalized spacial score (nSPS) is 18.9. The van der Waals surface area contributed by atoms with Crippen molar-refractivity contribution in [2.75, 3.05) is 52.1 Å². The monoisotopic (exact) mass is 466 g/mol. The van der Waals surface area contributed by atoms with Crippen molar-refractivity contribution < 1.29 is 19.4 Å². The van der Waals surface area contributed by atoms with Crippen LogP contribution in [0.15, 0.2) is 35.3 Å². The summed E-state index contributed by atoms with van der Waals surface area (Å²) in [6, 6.07) is 8.54. The number of hydrogen-bond acceptors (Lipinski definition) is 6. The summed E-state index contributed by atoms with van der Waals surface area (Å²) in [5, 5.41) is 12.4. The maximum Gasteiger partial charge on any atom is 0.277 e. The summed E-state index contributed by atoms with van der Waals surface area (Å²) >= 11 is 0. The molecule has 0 unspecified atom stereocenters. The molecule has 9 heteroatoms. The lowest BCUT2D eigenvalue weighted by Gasteiger charge is -2.40. The minimum absolute atomic E-state index is 0.0959. The van der Waals surface area contributed by atoms with Crippen LogP contribution in [-0.4, -0.2) is 78.5 Å². The Labute approximate surface area is 198 Å². The van der Waals surface area contributed by atoms with Gasteiger partial charge in [-0.2, -0.15) is 0 Å². The van der Waals surface area contributed by atoms with Crippen LogP contribution >= 0.6 is 0 Å². The van der Waals surface area contributed by atoms with E-state index < -0.39 is 23.0 Å². The van der Waals surface area contributed by atoms with Crippen LogP contribution < -0.4 is 10.4 Å². The zero-order chi connectivity index (χ0) is 24.0. The summed E-state index contributed by atoms with van der Waals surface area (Å²) in [7, 11) is 3.27. The van der Waals surface area contributed by atoms with Gasteiger partial charge >= 0.3 is 0 Å². The van der Waals surface area contributed by atoms with E-state index in [9.17, 15) is 19.5 Å². The van der Waals surface area contributed by atoms with Crippen molar-refractivity contribution in [1.29, 1.82) is 0 Å². The van der Waals surface area contributed by atoms with Crippen LogP contribution in [-0.2, 0) is 16.6 Å². The number of fused-ring (bicyclic) bond motifs is 3. The number of aromatic nitrogens is 1. The molecular weight excluding hydrogens is 436 g/mol. The molecule has 2 amide bonds. The lowest BCUT2D eigenvalue weighted by molar-refractivity contribution is 0.0619. The summed E-state index contributed by atoms with van der Waals surface area (Å²) in [4.78, 5) is 42.4. The fourth-order valence-electron chi connectivity index (χ4n) is 5.70. The Morgan fingerprint density at radius 3 is 2.62 bits per heavy atom. The molecule has 0 saturated carbocycles. The van der Waals surface area contributed by atoms with Gasteiger partial charge in [0.15, 0.2) is 11.4 Å². The molecule has 1 fully saturated rings. The highest BCUT2D eigenvalue weighted by molar-refractivity contribution is 5.99. The molecule has 0 atom stereocenters. The minimum Gasteiger partial charge on any atom is -0.502 e. The summed E-state index contributed by atoms with van der Waals surface area (Å²) in [5.74, 6) is -1.56. The van der Waals surface area contributed by atoms with Gasteiger partial charge in [0.2, 0.25) is 5.43 Å². The van der Waals surface area contributed by atoms with Gasteiger partial charge in [-0.1, -0.05) is 24.3 Å². The second-order valence-electron chi connectivity index (χ2n) is 9.50. The standard InChI is InChI=1S/C25H30N4O5/c1-26-16-28(13-14-34-2)24(33)20-22(31)21(30)18(15-29(20)26)23(32)27-11-9-25(10-12-27)8-7-17-5-3-4-6-19(17)25/h3-6,15,31H,7-14,16H2,1-2H3. The fourth-order valence-corrected chi connectivity index (χ4v) is 5.70. The van der Waals surface area contributed by atoms with E-state index in [1.165, 1.54) is 26.9 Å². The highest BCUT2D eigenvalue weighted by Gasteiger charge is 2.42. The van der Waals surface area contributed by atoms with Gasteiger partial charge in [0.1, 0.15) is 12.2 Å². The molecule has 5 rings (SSSR count). The number of pyridine rings is 1. The van der Waals surface area contributed by atoms with Gasteiger partial charge in [0, 0.05) is 40.0 Å². The molecule has 1 N–H and O–H groups in total. The molecule has 1 saturated heterocycles. The Hall–Kier alpha value is -3.33. The number of nitrogens with zero attached hydrogens (tertiary/aromatic N) is 4. The predicted molar refractivity (Wildman–Crippen MR) is 126 cm³/mol. The topological polar surface area (TPSA) is 95.3 Å². The van der Waals surface area contributed by atoms with Gasteiger partial charge in [-0.3, -0.25) is 24.1 Å². The predicted octanol–water partition coefficient (Wildman–Crippen LogP) is 1.30. The molecule has 0 radical (unpaired) electrons. The average Bonchev–Trinajstić information content (AvgIpc) is 3.20. The Morgan fingerprint density at radius 2 is 1.88 bits per heavy atom. The number of benzene rings is 1. The van der Waals surface area contributed by atoms with Crippen LogP contribution in [0, 0.1) is 0 Å². The quantitative estimate of drug-likeness (QED) is 0.730. The molecule has 2 aliphatic heterocycles. The molecule has 9 nitrogen and oxygen atoms in total. The first-order valence-electron chi connectivity index (χ1n) is 11.7. The van der Waals surface area contributed by atoms with Crippen molar-refractivity contribution in [2.45, 2.75) is 31.1 Å². The molecule has 3 heterocycles. The number of amides is 2. The molecule has 2 aromatic rings. The van der Waals surface area contributed by atoms with Crippen molar-refractivity contribution in [3.05, 3.63) is 63.1 Å². The summed E-state index contributed by atoms with van der Waals surface area (Å²) in [6.07, 6.45) is 5.23. The van der Waals surface area contributed by atoms with Crippen molar-refractivity contribution >= 4 is 11.8 Å². The van der Waals surface area contributed by atoms with Gasteiger partial charge in [0.05, 0.1) is 6.61 Å². The summed E-state index contributed by atoms with van der Waals surface area (Å²) in [5.41, 5.74) is 1.83. The van der Waals surface area contributed by atoms with Crippen LogP contribution in [0.5, 0.6) is 5.75 Å². The number of hydrogen-bond donors (Lipinski definition) is 1. The SMILES string of the molecule is COCCN1CN(C)n2cc(C(=O)N3CCC4(CCc5ccccc54)CC3)c(=O)c(O)c2C1=O. The van der Waals surface area contributed by atoms with Gasteiger partial charge in [-0.25, -0.2) is 0 Å². The maximum absolute atomic E-state index is 13.4. The zero-order valence-corrected chi connectivity index (χ0v) is 19.6. The third kappa shape index (κ3) is 3.46. The van der Waals surface area contributed by atoms with E-state index in [0.29, 0.717) is 26.2 Å². The molecule has 34 heavy (non-hydrogen) atoms. The van der Waals surface area contributed by atoms with Gasteiger partial charge in [-0.05, 0) is 42.2 Å². The Balaban J connectivity index is 1.39. The third-order valence-corrected chi connectivity index (χ3v) is 7.66. The van der Waals surface area contributed by atoms with E-state index in [1.807, 2.05) is 0 Å². The van der Waals surface area contributed by atoms with Crippen molar-refractivity contribution in [1.82, 2.24) is 14.5 Å². The Bertz CT molecular complexity index is 1200. The second-order valence-corrected chi connectivity index (χ2v) is 9.50. The van der Waals surface area contributed by atoms with Crippen LogP contribution in [0.3, 0.4) is 0 Å². The highest BCUT2D eigenvalue weighted by atomic mass is 16.5. The summed E-state index contributed by atoms with van der Waals surface area (Å²) in [6.45, 7) is 2.01. The lowest BCUT2D eigenvalue weighted by Crippen LogP contribution is -2.53. The smallest absolute Gasteiger partial charge is 0.277 e. The highest BCUT2D eigenvalue weighted by Crippen LogP contribution is 2.46. The number of aromatic hydroxyl groups is 1. The zero-order valence-electron chi connectivity index (χ0n) is 19.6.